The minimum atomic E-state index is -0.588. The smallest absolute Gasteiger partial charge is 0.160 e. The lowest BCUT2D eigenvalue weighted by Gasteiger charge is -2.34. The molecule has 2 aromatic heterocycles. The molecule has 0 N–H and O–H groups in total. The number of aromatic nitrogens is 3. The molecule has 0 unspecified atom stereocenters. The summed E-state index contributed by atoms with van der Waals surface area (Å²) in [7, 11) is 0. The molecule has 9 aromatic rings. The Labute approximate surface area is 321 Å². The first-order valence-electron chi connectivity index (χ1n) is 18.7. The number of hydrogen-bond donors (Lipinski definition) is 0. The molecule has 0 bridgehead atoms. The second-order valence-electron chi connectivity index (χ2n) is 14.0. The van der Waals surface area contributed by atoms with Crippen molar-refractivity contribution in [3.8, 4) is 67.3 Å². The first kappa shape index (κ1) is 32.4. The monoisotopic (exact) mass is 701 g/mol. The number of pyridine rings is 1. The van der Waals surface area contributed by atoms with Gasteiger partial charge in [-0.3, -0.25) is 4.98 Å². The Kier molecular flexibility index (Phi) is 8.04. The van der Waals surface area contributed by atoms with Crippen LogP contribution in [0.5, 0.6) is 0 Å². The minimum Gasteiger partial charge on any atom is -0.265 e. The second kappa shape index (κ2) is 13.6. The normalized spacial score (nSPS) is 12.5. The average Bonchev–Trinajstić information content (AvgIpc) is 3.57. The summed E-state index contributed by atoms with van der Waals surface area (Å²) >= 11 is 0. The van der Waals surface area contributed by atoms with Crippen LogP contribution < -0.4 is 0 Å². The van der Waals surface area contributed by atoms with Gasteiger partial charge in [0.05, 0.1) is 16.8 Å². The summed E-state index contributed by atoms with van der Waals surface area (Å²) in [6.07, 6.45) is 3.68. The Morgan fingerprint density at radius 1 is 0.309 bits per heavy atom. The Morgan fingerprint density at radius 3 is 1.22 bits per heavy atom. The van der Waals surface area contributed by atoms with Crippen LogP contribution >= 0.6 is 0 Å². The molecule has 0 spiro atoms. The molecule has 1 aliphatic carbocycles. The van der Waals surface area contributed by atoms with Gasteiger partial charge in [0.25, 0.3) is 0 Å². The molecule has 0 radical (unpaired) electrons. The van der Waals surface area contributed by atoms with E-state index >= 15 is 0 Å². The molecule has 55 heavy (non-hydrogen) atoms. The lowest BCUT2D eigenvalue weighted by atomic mass is 9.67. The SMILES string of the molecule is c1ccc(-c2cc(-c3ccccc3)nc(-c3ccc4c(c3)C(c3ccccc3)(c3ccccc3)c3cc(-c5ccc(-c6ccncc6)cc5)ccc3-4)n2)cc1. The van der Waals surface area contributed by atoms with E-state index in [-0.39, 0.29) is 0 Å². The summed E-state index contributed by atoms with van der Waals surface area (Å²) in [5.74, 6) is 0.698. The minimum absolute atomic E-state index is 0.588. The molecule has 0 aliphatic heterocycles. The fourth-order valence-corrected chi connectivity index (χ4v) is 8.30. The molecule has 7 aromatic carbocycles. The predicted octanol–water partition coefficient (Wildman–Crippen LogP) is 12.6. The number of nitrogens with zero attached hydrogens (tertiary/aromatic N) is 3. The highest BCUT2D eigenvalue weighted by Gasteiger charge is 2.46. The maximum absolute atomic E-state index is 5.24. The molecular formula is C52H35N3. The van der Waals surface area contributed by atoms with E-state index in [1.54, 1.807) is 0 Å². The van der Waals surface area contributed by atoms with Crippen molar-refractivity contribution in [2.75, 3.05) is 0 Å². The van der Waals surface area contributed by atoms with Crippen molar-refractivity contribution < 1.29 is 0 Å². The van der Waals surface area contributed by atoms with Crippen LogP contribution in [0.1, 0.15) is 22.3 Å². The highest BCUT2D eigenvalue weighted by molar-refractivity contribution is 5.90. The van der Waals surface area contributed by atoms with Crippen LogP contribution in [0.2, 0.25) is 0 Å². The van der Waals surface area contributed by atoms with Gasteiger partial charge in [-0.1, -0.05) is 170 Å². The lowest BCUT2D eigenvalue weighted by Crippen LogP contribution is -2.28. The third-order valence-electron chi connectivity index (χ3n) is 10.9. The van der Waals surface area contributed by atoms with E-state index in [0.29, 0.717) is 5.82 Å². The zero-order valence-electron chi connectivity index (χ0n) is 30.0. The Morgan fingerprint density at radius 2 is 0.709 bits per heavy atom. The Hall–Kier alpha value is -7.23. The average molecular weight is 702 g/mol. The van der Waals surface area contributed by atoms with Crippen molar-refractivity contribution in [1.29, 1.82) is 0 Å². The molecule has 10 rings (SSSR count). The Balaban J connectivity index is 1.19. The van der Waals surface area contributed by atoms with Gasteiger partial charge in [0.2, 0.25) is 0 Å². The van der Waals surface area contributed by atoms with Crippen molar-refractivity contribution in [2.45, 2.75) is 5.41 Å². The van der Waals surface area contributed by atoms with Crippen molar-refractivity contribution in [1.82, 2.24) is 15.0 Å². The number of hydrogen-bond acceptors (Lipinski definition) is 3. The lowest BCUT2D eigenvalue weighted by molar-refractivity contribution is 0.769. The van der Waals surface area contributed by atoms with Gasteiger partial charge in [-0.2, -0.15) is 0 Å². The molecule has 2 heterocycles. The summed E-state index contributed by atoms with van der Waals surface area (Å²) in [6.45, 7) is 0. The van der Waals surface area contributed by atoms with Gasteiger partial charge >= 0.3 is 0 Å². The van der Waals surface area contributed by atoms with Gasteiger partial charge in [0.15, 0.2) is 5.82 Å². The maximum atomic E-state index is 5.24. The second-order valence-corrected chi connectivity index (χ2v) is 14.0. The molecule has 0 fully saturated rings. The fourth-order valence-electron chi connectivity index (χ4n) is 8.30. The first-order valence-corrected chi connectivity index (χ1v) is 18.7. The summed E-state index contributed by atoms with van der Waals surface area (Å²) < 4.78 is 0. The first-order chi connectivity index (χ1) is 27.3. The zero-order chi connectivity index (χ0) is 36.6. The number of benzene rings is 7. The molecular weight excluding hydrogens is 667 g/mol. The van der Waals surface area contributed by atoms with E-state index in [1.165, 1.54) is 50.1 Å². The van der Waals surface area contributed by atoms with E-state index in [1.807, 2.05) is 24.5 Å². The molecule has 0 atom stereocenters. The van der Waals surface area contributed by atoms with Gasteiger partial charge in [-0.05, 0) is 86.0 Å². The molecule has 3 heteroatoms. The van der Waals surface area contributed by atoms with Crippen molar-refractivity contribution >= 4 is 0 Å². The summed E-state index contributed by atoms with van der Waals surface area (Å²) in [5, 5.41) is 0. The zero-order valence-corrected chi connectivity index (χ0v) is 30.0. The van der Waals surface area contributed by atoms with E-state index in [4.69, 9.17) is 9.97 Å². The van der Waals surface area contributed by atoms with Crippen LogP contribution in [0.15, 0.2) is 213 Å². The molecule has 0 amide bonds. The van der Waals surface area contributed by atoms with E-state index in [9.17, 15) is 0 Å². The molecule has 1 aliphatic rings. The quantitative estimate of drug-likeness (QED) is 0.166. The van der Waals surface area contributed by atoms with E-state index in [0.717, 1.165) is 33.6 Å². The van der Waals surface area contributed by atoms with E-state index < -0.39 is 5.41 Å². The van der Waals surface area contributed by atoms with E-state index in [2.05, 4.69) is 193 Å². The number of rotatable bonds is 7. The largest absolute Gasteiger partial charge is 0.265 e. The Bertz CT molecular complexity index is 2670. The molecule has 0 saturated carbocycles. The third-order valence-corrected chi connectivity index (χ3v) is 10.9. The fraction of sp³-hybridized carbons (Fsp3) is 0.0192. The molecule has 3 nitrogen and oxygen atoms in total. The van der Waals surface area contributed by atoms with Gasteiger partial charge in [-0.15, -0.1) is 0 Å². The highest BCUT2D eigenvalue weighted by atomic mass is 14.9. The van der Waals surface area contributed by atoms with Gasteiger partial charge in [0.1, 0.15) is 0 Å². The van der Waals surface area contributed by atoms with Crippen LogP contribution in [-0.4, -0.2) is 15.0 Å². The third kappa shape index (κ3) is 5.65. The van der Waals surface area contributed by atoms with Crippen LogP contribution in [0.4, 0.5) is 0 Å². The predicted molar refractivity (Wildman–Crippen MR) is 224 cm³/mol. The molecule has 258 valence electrons. The highest BCUT2D eigenvalue weighted by Crippen LogP contribution is 2.57. The van der Waals surface area contributed by atoms with Gasteiger partial charge < -0.3 is 0 Å². The van der Waals surface area contributed by atoms with Gasteiger partial charge in [-0.25, -0.2) is 9.97 Å². The van der Waals surface area contributed by atoms with Crippen LogP contribution in [0.3, 0.4) is 0 Å². The van der Waals surface area contributed by atoms with Crippen molar-refractivity contribution in [2.24, 2.45) is 0 Å². The van der Waals surface area contributed by atoms with Crippen molar-refractivity contribution in [3.63, 3.8) is 0 Å². The topological polar surface area (TPSA) is 38.7 Å². The summed E-state index contributed by atoms with van der Waals surface area (Å²) in [5.41, 5.74) is 16.3. The summed E-state index contributed by atoms with van der Waals surface area (Å²) in [4.78, 5) is 14.7. The molecule has 0 saturated heterocycles. The maximum Gasteiger partial charge on any atom is 0.160 e. The number of fused-ring (bicyclic) bond motifs is 3. The van der Waals surface area contributed by atoms with Crippen LogP contribution in [-0.2, 0) is 5.41 Å². The standard InChI is InChI=1S/C52H35N3/c1-5-13-39(14-6-1)49-35-50(40-15-7-2-8-16-40)55-51(54-49)42-26-28-46-45-27-25-41(37-23-21-36(22-24-37)38-29-31-53-32-30-38)33-47(45)52(48(46)34-42,43-17-9-3-10-18-43)44-19-11-4-12-20-44/h1-35H. The summed E-state index contributed by atoms with van der Waals surface area (Å²) in [6, 6.07) is 71.5. The van der Waals surface area contributed by atoms with Crippen LogP contribution in [0.25, 0.3) is 67.3 Å². The van der Waals surface area contributed by atoms with Crippen molar-refractivity contribution in [3.05, 3.63) is 235 Å². The van der Waals surface area contributed by atoms with Gasteiger partial charge in [0, 0.05) is 29.1 Å². The van der Waals surface area contributed by atoms with Crippen LogP contribution in [0, 0.1) is 0 Å².